The minimum absolute atomic E-state index is 0.195. The van der Waals surface area contributed by atoms with E-state index >= 15 is 0 Å². The molecule has 1 aromatic heterocycles. The molecule has 3 rings (SSSR count). The van der Waals surface area contributed by atoms with Crippen LogP contribution in [-0.4, -0.2) is 52.1 Å². The van der Waals surface area contributed by atoms with Crippen LogP contribution in [0.5, 0.6) is 0 Å². The van der Waals surface area contributed by atoms with E-state index in [0.717, 1.165) is 12.6 Å². The topological polar surface area (TPSA) is 52.2 Å². The molecular weight excluding hydrogens is 333 g/mol. The number of amides is 1. The lowest BCUT2D eigenvalue weighted by Crippen LogP contribution is -2.48. The van der Waals surface area contributed by atoms with Gasteiger partial charge in [-0.15, -0.1) is 0 Å². The molecule has 0 aliphatic carbocycles. The lowest BCUT2D eigenvalue weighted by atomic mass is 10.1. The van der Waals surface area contributed by atoms with Crippen molar-refractivity contribution in [2.75, 3.05) is 26.2 Å². The molecule has 0 radical (unpaired) electrons. The lowest BCUT2D eigenvalue weighted by molar-refractivity contribution is -0.141. The number of carbonyl (C=O) groups excluding carboxylic acids is 1. The second kappa shape index (κ2) is 6.87. The average molecular weight is 352 g/mol. The van der Waals surface area contributed by atoms with E-state index in [1.54, 1.807) is 4.90 Å². The molecule has 0 bridgehead atoms. The monoisotopic (exact) mass is 352 g/mol. The predicted molar refractivity (Wildman–Crippen MR) is 85.9 cm³/mol. The normalized spacial score (nSPS) is 16.2. The molecule has 1 fully saturated rings. The van der Waals surface area contributed by atoms with Gasteiger partial charge < -0.3 is 4.90 Å². The van der Waals surface area contributed by atoms with E-state index in [2.05, 4.69) is 22.1 Å². The summed E-state index contributed by atoms with van der Waals surface area (Å²) in [5.41, 5.74) is 1.21. The van der Waals surface area contributed by atoms with E-state index in [1.165, 1.54) is 11.1 Å². The third-order valence-corrected chi connectivity index (χ3v) is 4.25. The van der Waals surface area contributed by atoms with Crippen molar-refractivity contribution in [3.8, 4) is 0 Å². The van der Waals surface area contributed by atoms with Crippen molar-refractivity contribution < 1.29 is 18.0 Å². The van der Waals surface area contributed by atoms with Crippen molar-refractivity contribution >= 4 is 5.91 Å². The maximum absolute atomic E-state index is 12.6. The molecule has 2 heterocycles. The number of rotatable bonds is 3. The van der Waals surface area contributed by atoms with E-state index in [1.807, 2.05) is 24.2 Å². The highest BCUT2D eigenvalue weighted by Crippen LogP contribution is 2.28. The van der Waals surface area contributed by atoms with Gasteiger partial charge in [0.2, 0.25) is 0 Å². The molecule has 0 unspecified atom stereocenters. The zero-order valence-corrected chi connectivity index (χ0v) is 13.8. The summed E-state index contributed by atoms with van der Waals surface area (Å²) in [5.74, 6) is -0.470. The summed E-state index contributed by atoms with van der Waals surface area (Å²) in [4.78, 5) is 16.1. The smallest absolute Gasteiger partial charge is 0.335 e. The fourth-order valence-electron chi connectivity index (χ4n) is 2.92. The van der Waals surface area contributed by atoms with Gasteiger partial charge >= 0.3 is 6.18 Å². The number of aryl methyl sites for hydroxylation is 1. The molecule has 1 aliphatic heterocycles. The number of alkyl halides is 3. The van der Waals surface area contributed by atoms with Crippen LogP contribution in [0.1, 0.15) is 27.3 Å². The van der Waals surface area contributed by atoms with Crippen molar-refractivity contribution in [2.24, 2.45) is 0 Å². The standard InChI is InChI=1S/C17H19F3N4O/c1-12-3-2-4-13(9-12)11-23-5-7-24(8-6-23)16(25)14-10-15(22-21-14)17(18,19)20/h2-4,9-10H,5-8,11H2,1H3,(H,21,22). The Kier molecular flexibility index (Phi) is 4.80. The zero-order valence-electron chi connectivity index (χ0n) is 13.8. The van der Waals surface area contributed by atoms with Gasteiger partial charge in [0.15, 0.2) is 5.69 Å². The fourth-order valence-corrected chi connectivity index (χ4v) is 2.92. The summed E-state index contributed by atoms with van der Waals surface area (Å²) in [6, 6.07) is 9.01. The molecule has 0 saturated carbocycles. The minimum Gasteiger partial charge on any atom is -0.335 e. The van der Waals surface area contributed by atoms with Crippen molar-refractivity contribution in [2.45, 2.75) is 19.6 Å². The molecule has 8 heteroatoms. The Morgan fingerprint density at radius 3 is 2.52 bits per heavy atom. The summed E-state index contributed by atoms with van der Waals surface area (Å²) in [5, 5.41) is 5.38. The van der Waals surface area contributed by atoms with Crippen LogP contribution in [0.2, 0.25) is 0 Å². The van der Waals surface area contributed by atoms with Crippen LogP contribution in [0.25, 0.3) is 0 Å². The van der Waals surface area contributed by atoms with E-state index in [-0.39, 0.29) is 5.69 Å². The van der Waals surface area contributed by atoms with E-state index in [0.29, 0.717) is 26.2 Å². The highest BCUT2D eigenvalue weighted by Gasteiger charge is 2.34. The van der Waals surface area contributed by atoms with Gasteiger partial charge in [-0.3, -0.25) is 14.8 Å². The summed E-state index contributed by atoms with van der Waals surface area (Å²) in [7, 11) is 0. The molecular formula is C17H19F3N4O. The van der Waals surface area contributed by atoms with Gasteiger partial charge in [-0.1, -0.05) is 29.8 Å². The maximum Gasteiger partial charge on any atom is 0.432 e. The van der Waals surface area contributed by atoms with Crippen LogP contribution < -0.4 is 0 Å². The Bertz CT molecular complexity index is 748. The molecule has 134 valence electrons. The maximum atomic E-state index is 12.6. The number of aromatic amines is 1. The first kappa shape index (κ1) is 17.5. The molecule has 1 aliphatic rings. The van der Waals surface area contributed by atoms with Gasteiger partial charge in [-0.25, -0.2) is 0 Å². The van der Waals surface area contributed by atoms with Gasteiger partial charge in [-0.05, 0) is 12.5 Å². The number of nitrogens with one attached hydrogen (secondary N) is 1. The van der Waals surface area contributed by atoms with Crippen LogP contribution in [0, 0.1) is 6.92 Å². The number of aromatic nitrogens is 2. The van der Waals surface area contributed by atoms with E-state index in [4.69, 9.17) is 0 Å². The average Bonchev–Trinajstić information content (AvgIpc) is 3.05. The van der Waals surface area contributed by atoms with Gasteiger partial charge in [0.1, 0.15) is 5.69 Å². The first-order valence-electron chi connectivity index (χ1n) is 8.03. The first-order chi connectivity index (χ1) is 11.8. The van der Waals surface area contributed by atoms with Crippen molar-refractivity contribution in [3.63, 3.8) is 0 Å². The number of nitrogens with zero attached hydrogens (tertiary/aromatic N) is 3. The molecule has 0 atom stereocenters. The number of benzene rings is 1. The molecule has 1 N–H and O–H groups in total. The number of H-pyrrole nitrogens is 1. The van der Waals surface area contributed by atoms with Gasteiger partial charge in [0, 0.05) is 38.8 Å². The van der Waals surface area contributed by atoms with Crippen LogP contribution >= 0.6 is 0 Å². The Labute approximate surface area is 143 Å². The minimum atomic E-state index is -4.53. The fraction of sp³-hybridized carbons (Fsp3) is 0.412. The zero-order chi connectivity index (χ0) is 18.0. The molecule has 1 saturated heterocycles. The summed E-state index contributed by atoms with van der Waals surface area (Å²) in [6.07, 6.45) is -4.53. The summed E-state index contributed by atoms with van der Waals surface area (Å²) in [6.45, 7) is 5.13. The quantitative estimate of drug-likeness (QED) is 0.924. The predicted octanol–water partition coefficient (Wildman–Crippen LogP) is 2.69. The van der Waals surface area contributed by atoms with Crippen LogP contribution in [0.4, 0.5) is 13.2 Å². The second-order valence-corrected chi connectivity index (χ2v) is 6.22. The third-order valence-electron chi connectivity index (χ3n) is 4.25. The van der Waals surface area contributed by atoms with Crippen LogP contribution in [0.3, 0.4) is 0 Å². The number of halogens is 3. The first-order valence-corrected chi connectivity index (χ1v) is 8.03. The van der Waals surface area contributed by atoms with Crippen LogP contribution in [-0.2, 0) is 12.7 Å². The largest absolute Gasteiger partial charge is 0.432 e. The second-order valence-electron chi connectivity index (χ2n) is 6.22. The Hall–Kier alpha value is -2.35. The number of carbonyl (C=O) groups is 1. The SMILES string of the molecule is Cc1cccc(CN2CCN(C(=O)c3cc(C(F)(F)F)[nH]n3)CC2)c1. The van der Waals surface area contributed by atoms with E-state index < -0.39 is 17.8 Å². The highest BCUT2D eigenvalue weighted by molar-refractivity contribution is 5.92. The molecule has 5 nitrogen and oxygen atoms in total. The van der Waals surface area contributed by atoms with Gasteiger partial charge in [0.25, 0.3) is 5.91 Å². The van der Waals surface area contributed by atoms with Crippen molar-refractivity contribution in [3.05, 3.63) is 52.8 Å². The lowest BCUT2D eigenvalue weighted by Gasteiger charge is -2.34. The number of hydrogen-bond acceptors (Lipinski definition) is 3. The molecule has 1 amide bonds. The number of hydrogen-bond donors (Lipinski definition) is 1. The molecule has 1 aromatic carbocycles. The van der Waals surface area contributed by atoms with E-state index in [9.17, 15) is 18.0 Å². The Balaban J connectivity index is 1.56. The van der Waals surface area contributed by atoms with Crippen molar-refractivity contribution in [1.29, 1.82) is 0 Å². The summed E-state index contributed by atoms with van der Waals surface area (Å²) >= 11 is 0. The molecule has 0 spiro atoms. The van der Waals surface area contributed by atoms with Gasteiger partial charge in [-0.2, -0.15) is 18.3 Å². The summed E-state index contributed by atoms with van der Waals surface area (Å²) < 4.78 is 37.8. The Morgan fingerprint density at radius 1 is 1.20 bits per heavy atom. The van der Waals surface area contributed by atoms with Crippen LogP contribution in [0.15, 0.2) is 30.3 Å². The third kappa shape index (κ3) is 4.19. The Morgan fingerprint density at radius 2 is 1.92 bits per heavy atom. The number of piperazine rings is 1. The van der Waals surface area contributed by atoms with Gasteiger partial charge in [0.05, 0.1) is 0 Å². The van der Waals surface area contributed by atoms with Crippen molar-refractivity contribution in [1.82, 2.24) is 20.0 Å². The highest BCUT2D eigenvalue weighted by atomic mass is 19.4. The molecule has 25 heavy (non-hydrogen) atoms. The molecule has 2 aromatic rings.